The molecule has 0 unspecified atom stereocenters. The lowest BCUT2D eigenvalue weighted by Gasteiger charge is -2.12. The molecule has 0 aromatic carbocycles. The zero-order valence-electron chi connectivity index (χ0n) is 9.05. The Bertz CT molecular complexity index is 424. The summed E-state index contributed by atoms with van der Waals surface area (Å²) >= 11 is 6.08. The van der Waals surface area contributed by atoms with E-state index in [1.165, 1.54) is 0 Å². The van der Waals surface area contributed by atoms with Gasteiger partial charge in [0.05, 0.1) is 22.5 Å². The molecule has 0 spiro atoms. The van der Waals surface area contributed by atoms with Crippen LogP contribution >= 0.6 is 11.6 Å². The molecule has 1 aliphatic carbocycles. The van der Waals surface area contributed by atoms with Crippen LogP contribution in [0.5, 0.6) is 0 Å². The van der Waals surface area contributed by atoms with E-state index in [0.29, 0.717) is 6.42 Å². The molecule has 0 amide bonds. The highest BCUT2D eigenvalue weighted by molar-refractivity contribution is 6.31. The first-order chi connectivity index (χ1) is 7.08. The molecule has 1 aromatic heterocycles. The summed E-state index contributed by atoms with van der Waals surface area (Å²) in [4.78, 5) is 0. The van der Waals surface area contributed by atoms with Gasteiger partial charge in [0.25, 0.3) is 0 Å². The van der Waals surface area contributed by atoms with Gasteiger partial charge in [-0.1, -0.05) is 11.6 Å². The molecule has 0 bridgehead atoms. The maximum Gasteiger partial charge on any atom is 0.0844 e. The van der Waals surface area contributed by atoms with E-state index in [4.69, 9.17) is 16.9 Å². The standard InChI is InChI=1S/C11H14ClN3/c1-8-10(12)9(2)15(14-8)7-11(3-4-11)5-6-13/h3-5,7H2,1-2H3. The largest absolute Gasteiger partial charge is 0.267 e. The van der Waals surface area contributed by atoms with E-state index >= 15 is 0 Å². The second-order valence-electron chi connectivity index (χ2n) is 4.48. The molecular formula is C11H14ClN3. The lowest BCUT2D eigenvalue weighted by Crippen LogP contribution is -2.13. The second-order valence-corrected chi connectivity index (χ2v) is 4.86. The normalized spacial score (nSPS) is 17.5. The molecule has 80 valence electrons. The van der Waals surface area contributed by atoms with Gasteiger partial charge in [-0.05, 0) is 26.7 Å². The van der Waals surface area contributed by atoms with Gasteiger partial charge in [0.2, 0.25) is 0 Å². The fraction of sp³-hybridized carbons (Fsp3) is 0.636. The van der Waals surface area contributed by atoms with E-state index < -0.39 is 0 Å². The molecule has 4 heteroatoms. The van der Waals surface area contributed by atoms with Gasteiger partial charge in [-0.2, -0.15) is 10.4 Å². The molecule has 0 aliphatic heterocycles. The van der Waals surface area contributed by atoms with E-state index in [1.54, 1.807) is 0 Å². The number of nitriles is 1. The lowest BCUT2D eigenvalue weighted by molar-refractivity contribution is 0.398. The number of aromatic nitrogens is 2. The van der Waals surface area contributed by atoms with Crippen molar-refractivity contribution < 1.29 is 0 Å². The summed E-state index contributed by atoms with van der Waals surface area (Å²) in [5.41, 5.74) is 2.07. The van der Waals surface area contributed by atoms with Gasteiger partial charge in [0.1, 0.15) is 0 Å². The molecule has 0 atom stereocenters. The minimum absolute atomic E-state index is 0.182. The zero-order chi connectivity index (χ0) is 11.1. The molecule has 1 saturated carbocycles. The zero-order valence-corrected chi connectivity index (χ0v) is 9.80. The molecule has 3 nitrogen and oxygen atoms in total. The number of aryl methyl sites for hydroxylation is 1. The molecule has 0 N–H and O–H groups in total. The first-order valence-electron chi connectivity index (χ1n) is 5.14. The van der Waals surface area contributed by atoms with Gasteiger partial charge < -0.3 is 0 Å². The summed E-state index contributed by atoms with van der Waals surface area (Å²) in [5, 5.41) is 13.9. The van der Waals surface area contributed by atoms with Crippen LogP contribution in [0, 0.1) is 30.6 Å². The average molecular weight is 224 g/mol. The van der Waals surface area contributed by atoms with Crippen molar-refractivity contribution in [1.82, 2.24) is 9.78 Å². The van der Waals surface area contributed by atoms with Crippen LogP contribution in [0.3, 0.4) is 0 Å². The fourth-order valence-corrected chi connectivity index (χ4v) is 2.02. The van der Waals surface area contributed by atoms with Crippen molar-refractivity contribution in [2.45, 2.75) is 39.7 Å². The third-order valence-corrected chi connectivity index (χ3v) is 3.74. The highest BCUT2D eigenvalue weighted by Crippen LogP contribution is 2.50. The molecule has 1 fully saturated rings. The molecule has 0 saturated heterocycles. The summed E-state index contributed by atoms with van der Waals surface area (Å²) in [6.45, 7) is 4.72. The minimum atomic E-state index is 0.182. The Morgan fingerprint density at radius 3 is 2.60 bits per heavy atom. The van der Waals surface area contributed by atoms with Crippen LogP contribution < -0.4 is 0 Å². The van der Waals surface area contributed by atoms with Crippen LogP contribution in [0.2, 0.25) is 5.02 Å². The van der Waals surface area contributed by atoms with E-state index in [1.807, 2.05) is 18.5 Å². The van der Waals surface area contributed by atoms with Crippen molar-refractivity contribution in [1.29, 1.82) is 5.26 Å². The lowest BCUT2D eigenvalue weighted by atomic mass is 10.0. The SMILES string of the molecule is Cc1nn(CC2(CC#N)CC2)c(C)c1Cl. The number of rotatable bonds is 3. The Kier molecular flexibility index (Phi) is 2.47. The van der Waals surface area contributed by atoms with Crippen LogP contribution in [-0.2, 0) is 6.54 Å². The third kappa shape index (κ3) is 1.87. The monoisotopic (exact) mass is 223 g/mol. The van der Waals surface area contributed by atoms with Crippen molar-refractivity contribution in [3.8, 4) is 6.07 Å². The Balaban J connectivity index is 2.18. The van der Waals surface area contributed by atoms with Crippen LogP contribution in [0.25, 0.3) is 0 Å². The van der Waals surface area contributed by atoms with Gasteiger partial charge >= 0.3 is 0 Å². The van der Waals surface area contributed by atoms with E-state index in [9.17, 15) is 0 Å². The summed E-state index contributed by atoms with van der Waals surface area (Å²) in [6.07, 6.45) is 2.90. The first kappa shape index (κ1) is 10.5. The van der Waals surface area contributed by atoms with Crippen molar-refractivity contribution in [3.63, 3.8) is 0 Å². The molecule has 1 aromatic rings. The van der Waals surface area contributed by atoms with Gasteiger partial charge in [-0.3, -0.25) is 4.68 Å². The van der Waals surface area contributed by atoms with Crippen LogP contribution in [0.15, 0.2) is 0 Å². The van der Waals surface area contributed by atoms with Gasteiger partial charge in [0, 0.05) is 18.4 Å². The van der Waals surface area contributed by atoms with E-state index in [2.05, 4.69) is 11.2 Å². The van der Waals surface area contributed by atoms with E-state index in [0.717, 1.165) is 35.8 Å². The molecule has 0 radical (unpaired) electrons. The van der Waals surface area contributed by atoms with Crippen molar-refractivity contribution in [2.24, 2.45) is 5.41 Å². The average Bonchev–Trinajstić information content (AvgIpc) is 2.90. The Hall–Kier alpha value is -1.01. The van der Waals surface area contributed by atoms with E-state index in [-0.39, 0.29) is 5.41 Å². The molecule has 1 heterocycles. The second kappa shape index (κ2) is 3.53. The fourth-order valence-electron chi connectivity index (χ4n) is 1.88. The summed E-state index contributed by atoms with van der Waals surface area (Å²) in [5.74, 6) is 0. The maximum absolute atomic E-state index is 8.74. The number of nitrogens with zero attached hydrogens (tertiary/aromatic N) is 3. The van der Waals surface area contributed by atoms with Gasteiger partial charge in [-0.25, -0.2) is 0 Å². The third-order valence-electron chi connectivity index (χ3n) is 3.19. The van der Waals surface area contributed by atoms with Crippen LogP contribution in [0.4, 0.5) is 0 Å². The topological polar surface area (TPSA) is 41.6 Å². The molecule has 1 aliphatic rings. The smallest absolute Gasteiger partial charge is 0.0844 e. The van der Waals surface area contributed by atoms with Crippen molar-refractivity contribution in [2.75, 3.05) is 0 Å². The number of hydrogen-bond acceptors (Lipinski definition) is 2. The van der Waals surface area contributed by atoms with Crippen LogP contribution in [-0.4, -0.2) is 9.78 Å². The van der Waals surface area contributed by atoms with Gasteiger partial charge in [-0.15, -0.1) is 0 Å². The molecular weight excluding hydrogens is 210 g/mol. The molecule has 2 rings (SSSR count). The highest BCUT2D eigenvalue weighted by Gasteiger charge is 2.43. The van der Waals surface area contributed by atoms with Gasteiger partial charge in [0.15, 0.2) is 0 Å². The summed E-state index contributed by atoms with van der Waals surface area (Å²) in [7, 11) is 0. The van der Waals surface area contributed by atoms with Crippen molar-refractivity contribution in [3.05, 3.63) is 16.4 Å². The summed E-state index contributed by atoms with van der Waals surface area (Å²) < 4.78 is 1.95. The first-order valence-corrected chi connectivity index (χ1v) is 5.52. The number of hydrogen-bond donors (Lipinski definition) is 0. The Labute approximate surface area is 94.6 Å². The van der Waals surface area contributed by atoms with Crippen molar-refractivity contribution >= 4 is 11.6 Å². The maximum atomic E-state index is 8.74. The number of halogens is 1. The predicted molar refractivity (Wildman–Crippen MR) is 58.6 cm³/mol. The quantitative estimate of drug-likeness (QED) is 0.791. The predicted octanol–water partition coefficient (Wildman–Crippen LogP) is 2.85. The Morgan fingerprint density at radius 1 is 1.53 bits per heavy atom. The highest BCUT2D eigenvalue weighted by atomic mass is 35.5. The minimum Gasteiger partial charge on any atom is -0.267 e. The Morgan fingerprint density at radius 2 is 2.20 bits per heavy atom. The molecule has 15 heavy (non-hydrogen) atoms. The summed E-state index contributed by atoms with van der Waals surface area (Å²) in [6, 6.07) is 2.26. The van der Waals surface area contributed by atoms with Crippen LogP contribution in [0.1, 0.15) is 30.7 Å².